The molecular formula is C27H24N4OS. The van der Waals surface area contributed by atoms with Crippen molar-refractivity contribution < 1.29 is 4.52 Å². The molecule has 5 nitrogen and oxygen atoms in total. The van der Waals surface area contributed by atoms with Gasteiger partial charge in [-0.3, -0.25) is 4.90 Å². The number of hydrogen-bond acceptors (Lipinski definition) is 4. The fourth-order valence-corrected chi connectivity index (χ4v) is 4.50. The maximum Gasteiger partial charge on any atom is 0.258 e. The molecule has 1 atom stereocenters. The molecule has 33 heavy (non-hydrogen) atoms. The van der Waals surface area contributed by atoms with Crippen LogP contribution < -0.4 is 10.2 Å². The molecule has 0 bridgehead atoms. The second-order valence-electron chi connectivity index (χ2n) is 8.26. The normalized spacial score (nSPS) is 16.2. The van der Waals surface area contributed by atoms with Crippen LogP contribution >= 0.6 is 12.2 Å². The summed E-state index contributed by atoms with van der Waals surface area (Å²) >= 11 is 5.83. The van der Waals surface area contributed by atoms with Gasteiger partial charge in [0.05, 0.1) is 11.6 Å². The first-order chi connectivity index (χ1) is 16.0. The Bertz CT molecular complexity index is 1340. The van der Waals surface area contributed by atoms with Crippen molar-refractivity contribution in [1.29, 1.82) is 0 Å². The second kappa shape index (κ2) is 8.64. The summed E-state index contributed by atoms with van der Waals surface area (Å²) in [5, 5.41) is 8.42. The predicted molar refractivity (Wildman–Crippen MR) is 136 cm³/mol. The van der Waals surface area contributed by atoms with Gasteiger partial charge in [-0.15, -0.1) is 0 Å². The number of benzene rings is 3. The molecular weight excluding hydrogens is 428 g/mol. The Balaban J connectivity index is 1.66. The zero-order valence-corrected chi connectivity index (χ0v) is 19.6. The van der Waals surface area contributed by atoms with E-state index in [4.69, 9.17) is 21.7 Å². The highest BCUT2D eigenvalue weighted by Crippen LogP contribution is 2.39. The molecule has 1 aliphatic heterocycles. The van der Waals surface area contributed by atoms with E-state index in [0.717, 1.165) is 33.6 Å². The van der Waals surface area contributed by atoms with Gasteiger partial charge in [-0.1, -0.05) is 77.5 Å². The molecule has 0 amide bonds. The summed E-state index contributed by atoms with van der Waals surface area (Å²) in [6.07, 6.45) is 0. The molecule has 0 spiro atoms. The third-order valence-electron chi connectivity index (χ3n) is 5.84. The third kappa shape index (κ3) is 4.05. The Kier molecular flexibility index (Phi) is 5.52. The van der Waals surface area contributed by atoms with Crippen LogP contribution in [0.1, 0.15) is 35.5 Å². The number of hydrogen-bond donors (Lipinski definition) is 1. The number of aryl methyl sites for hydroxylation is 2. The minimum absolute atomic E-state index is 0.205. The topological polar surface area (TPSA) is 54.2 Å². The first-order valence-electron chi connectivity index (χ1n) is 10.9. The van der Waals surface area contributed by atoms with Gasteiger partial charge in [0, 0.05) is 16.9 Å². The van der Waals surface area contributed by atoms with Gasteiger partial charge < -0.3 is 9.84 Å². The lowest BCUT2D eigenvalue weighted by molar-refractivity contribution is 0.404. The molecule has 0 saturated carbocycles. The van der Waals surface area contributed by atoms with E-state index in [9.17, 15) is 0 Å². The zero-order chi connectivity index (χ0) is 22.9. The van der Waals surface area contributed by atoms with Gasteiger partial charge in [0.2, 0.25) is 5.82 Å². The van der Waals surface area contributed by atoms with Crippen molar-refractivity contribution in [2.45, 2.75) is 26.8 Å². The molecule has 0 fully saturated rings. The molecule has 2 heterocycles. The minimum Gasteiger partial charge on any atom is -0.351 e. The fourth-order valence-electron chi connectivity index (χ4n) is 4.14. The minimum atomic E-state index is -0.205. The van der Waals surface area contributed by atoms with Crippen LogP contribution in [0.15, 0.2) is 89.1 Å². The highest BCUT2D eigenvalue weighted by atomic mass is 32.1. The van der Waals surface area contributed by atoms with E-state index in [2.05, 4.69) is 73.7 Å². The van der Waals surface area contributed by atoms with E-state index in [0.29, 0.717) is 16.8 Å². The second-order valence-corrected chi connectivity index (χ2v) is 8.64. The smallest absolute Gasteiger partial charge is 0.258 e. The van der Waals surface area contributed by atoms with Gasteiger partial charge in [-0.2, -0.15) is 4.98 Å². The quantitative estimate of drug-likeness (QED) is 0.371. The summed E-state index contributed by atoms with van der Waals surface area (Å²) in [6.45, 7) is 6.20. The van der Waals surface area contributed by atoms with Crippen LogP contribution in [0, 0.1) is 13.8 Å². The number of aromatic nitrogens is 2. The summed E-state index contributed by atoms with van der Waals surface area (Å²) in [4.78, 5) is 6.81. The highest BCUT2D eigenvalue weighted by molar-refractivity contribution is 7.80. The van der Waals surface area contributed by atoms with Crippen molar-refractivity contribution in [3.63, 3.8) is 0 Å². The van der Waals surface area contributed by atoms with Crippen molar-refractivity contribution in [2.75, 3.05) is 4.90 Å². The standard InChI is InChI=1S/C27H24N4OS/c1-17-12-14-20(15-13-17)24-23(26-29-25(30-32-26)21-9-5-4-6-10-21)19(3)31(27(33)28-24)22-11-7-8-18(2)16-22/h4-16,24H,1-3H3,(H,28,33). The average Bonchev–Trinajstić information content (AvgIpc) is 3.30. The molecule has 164 valence electrons. The third-order valence-corrected chi connectivity index (χ3v) is 6.14. The van der Waals surface area contributed by atoms with Gasteiger partial charge in [0.1, 0.15) is 0 Å². The molecule has 1 aromatic heterocycles. The Hall–Kier alpha value is -3.77. The van der Waals surface area contributed by atoms with E-state index in [1.165, 1.54) is 5.56 Å². The van der Waals surface area contributed by atoms with Gasteiger partial charge in [0.25, 0.3) is 5.89 Å². The lowest BCUT2D eigenvalue weighted by Gasteiger charge is -2.37. The molecule has 0 radical (unpaired) electrons. The summed E-state index contributed by atoms with van der Waals surface area (Å²) < 4.78 is 5.82. The Morgan fingerprint density at radius 2 is 1.64 bits per heavy atom. The summed E-state index contributed by atoms with van der Waals surface area (Å²) in [6, 6.07) is 26.3. The number of allylic oxidation sites excluding steroid dienone is 1. The molecule has 3 aromatic carbocycles. The van der Waals surface area contributed by atoms with Crippen LogP contribution in [0.2, 0.25) is 0 Å². The van der Waals surface area contributed by atoms with Crippen LogP contribution in [0.3, 0.4) is 0 Å². The number of rotatable bonds is 4. The van der Waals surface area contributed by atoms with Crippen LogP contribution in [0.25, 0.3) is 17.0 Å². The maximum atomic E-state index is 5.83. The zero-order valence-electron chi connectivity index (χ0n) is 18.7. The lowest BCUT2D eigenvalue weighted by Crippen LogP contribution is -2.46. The average molecular weight is 453 g/mol. The van der Waals surface area contributed by atoms with Crippen molar-refractivity contribution in [1.82, 2.24) is 15.5 Å². The number of nitrogens with zero attached hydrogens (tertiary/aromatic N) is 3. The van der Waals surface area contributed by atoms with Gasteiger partial charge in [0.15, 0.2) is 5.11 Å². The van der Waals surface area contributed by atoms with Crippen LogP contribution in [-0.2, 0) is 0 Å². The maximum absolute atomic E-state index is 5.83. The van der Waals surface area contributed by atoms with Crippen molar-refractivity contribution in [2.24, 2.45) is 0 Å². The highest BCUT2D eigenvalue weighted by Gasteiger charge is 2.34. The first kappa shape index (κ1) is 21.1. The summed E-state index contributed by atoms with van der Waals surface area (Å²) in [5.74, 6) is 1.04. The van der Waals surface area contributed by atoms with Crippen molar-refractivity contribution in [3.8, 4) is 11.4 Å². The van der Waals surface area contributed by atoms with Crippen LogP contribution in [-0.4, -0.2) is 15.3 Å². The number of anilines is 1. The molecule has 0 aliphatic carbocycles. The molecule has 5 rings (SSSR count). The molecule has 1 N–H and O–H groups in total. The summed E-state index contributed by atoms with van der Waals surface area (Å²) in [5.41, 5.74) is 7.21. The number of thiocarbonyl (C=S) groups is 1. The summed E-state index contributed by atoms with van der Waals surface area (Å²) in [7, 11) is 0. The van der Waals surface area contributed by atoms with E-state index in [1.807, 2.05) is 41.3 Å². The lowest BCUT2D eigenvalue weighted by atomic mass is 9.94. The van der Waals surface area contributed by atoms with E-state index < -0.39 is 0 Å². The van der Waals surface area contributed by atoms with Crippen LogP contribution in [0.4, 0.5) is 5.69 Å². The van der Waals surface area contributed by atoms with Gasteiger partial charge in [-0.25, -0.2) is 0 Å². The number of nitrogens with one attached hydrogen (secondary N) is 1. The Morgan fingerprint density at radius 1 is 0.879 bits per heavy atom. The van der Waals surface area contributed by atoms with Gasteiger partial charge in [-0.05, 0) is 56.2 Å². The van der Waals surface area contributed by atoms with Crippen molar-refractivity contribution in [3.05, 3.63) is 107 Å². The van der Waals surface area contributed by atoms with Crippen molar-refractivity contribution >= 4 is 28.6 Å². The van der Waals surface area contributed by atoms with Gasteiger partial charge >= 0.3 is 0 Å². The fraction of sp³-hybridized carbons (Fsp3) is 0.148. The monoisotopic (exact) mass is 452 g/mol. The molecule has 1 unspecified atom stereocenters. The molecule has 6 heteroatoms. The van der Waals surface area contributed by atoms with Crippen LogP contribution in [0.5, 0.6) is 0 Å². The molecule has 4 aromatic rings. The Labute approximate surface area is 198 Å². The molecule has 1 aliphatic rings. The van der Waals surface area contributed by atoms with E-state index >= 15 is 0 Å². The van der Waals surface area contributed by atoms with E-state index in [1.54, 1.807) is 0 Å². The SMILES string of the molecule is CC1=C(c2nc(-c3ccccc3)no2)C(c2ccc(C)cc2)NC(=S)N1c1cccc(C)c1. The molecule has 0 saturated heterocycles. The Morgan fingerprint density at radius 3 is 2.36 bits per heavy atom. The largest absolute Gasteiger partial charge is 0.351 e. The van der Waals surface area contributed by atoms with E-state index in [-0.39, 0.29) is 6.04 Å². The predicted octanol–water partition coefficient (Wildman–Crippen LogP) is 6.22. The first-order valence-corrected chi connectivity index (χ1v) is 11.3.